The lowest BCUT2D eigenvalue weighted by Gasteiger charge is -2.28. The molecule has 294 valence electrons. The van der Waals surface area contributed by atoms with Crippen LogP contribution < -0.4 is 53.3 Å². The zero-order valence-corrected chi connectivity index (χ0v) is 32.7. The van der Waals surface area contributed by atoms with Gasteiger partial charge >= 0.3 is 0 Å². The van der Waals surface area contributed by atoms with Crippen LogP contribution in [0, 0.1) is 0 Å². The van der Waals surface area contributed by atoms with Crippen molar-refractivity contribution in [3.8, 4) is 51.7 Å². The number of unbranched alkanes of at least 4 members (excludes halogenated alkanes) is 5. The fraction of sp³-hybridized carbons (Fsp3) is 0.372. The molecule has 1 unspecified atom stereocenters. The van der Waals surface area contributed by atoms with E-state index in [4.69, 9.17) is 42.6 Å². The van der Waals surface area contributed by atoms with Crippen LogP contribution in [0.1, 0.15) is 71.7 Å². The zero-order valence-electron chi connectivity index (χ0n) is 32.7. The Bertz CT molecular complexity index is 1880. The third-order valence-electron chi connectivity index (χ3n) is 9.25. The fourth-order valence-electron chi connectivity index (χ4n) is 6.31. The number of rotatable bonds is 21. The van der Waals surface area contributed by atoms with Gasteiger partial charge in [0.15, 0.2) is 34.5 Å². The second-order valence-corrected chi connectivity index (χ2v) is 12.7. The van der Waals surface area contributed by atoms with Crippen molar-refractivity contribution in [1.82, 2.24) is 5.32 Å². The number of methoxy groups -OCH3 is 7. The van der Waals surface area contributed by atoms with Crippen LogP contribution in [0.3, 0.4) is 0 Å². The molecule has 0 bridgehead atoms. The molecule has 0 spiro atoms. The van der Waals surface area contributed by atoms with Crippen molar-refractivity contribution in [2.24, 2.45) is 0 Å². The third kappa shape index (κ3) is 10.2. The van der Waals surface area contributed by atoms with Crippen LogP contribution in [0.15, 0.2) is 60.7 Å². The third-order valence-corrected chi connectivity index (χ3v) is 9.25. The van der Waals surface area contributed by atoms with E-state index in [2.05, 4.69) is 10.6 Å². The van der Waals surface area contributed by atoms with Crippen molar-refractivity contribution >= 4 is 23.7 Å². The van der Waals surface area contributed by atoms with E-state index in [0.29, 0.717) is 70.5 Å². The van der Waals surface area contributed by atoms with Gasteiger partial charge in [0.05, 0.1) is 68.5 Å². The molecule has 1 aliphatic heterocycles. The van der Waals surface area contributed by atoms with E-state index in [1.165, 1.54) is 0 Å². The minimum absolute atomic E-state index is 0.171. The number of amides is 1. The summed E-state index contributed by atoms with van der Waals surface area (Å²) in [5.41, 5.74) is 3.91. The van der Waals surface area contributed by atoms with E-state index in [9.17, 15) is 4.79 Å². The molecule has 0 saturated carbocycles. The number of carbonyl (C=O) groups excluding carboxylic acids is 1. The van der Waals surface area contributed by atoms with Crippen LogP contribution >= 0.6 is 0 Å². The van der Waals surface area contributed by atoms with Crippen molar-refractivity contribution in [1.29, 1.82) is 0 Å². The van der Waals surface area contributed by atoms with Crippen molar-refractivity contribution in [3.63, 3.8) is 0 Å². The van der Waals surface area contributed by atoms with Gasteiger partial charge in [-0.1, -0.05) is 43.9 Å². The van der Waals surface area contributed by atoms with Crippen molar-refractivity contribution in [2.45, 2.75) is 44.7 Å². The molecule has 0 fully saturated rings. The van der Waals surface area contributed by atoms with Crippen LogP contribution in [0.4, 0.5) is 5.69 Å². The highest BCUT2D eigenvalue weighted by Crippen LogP contribution is 2.41. The van der Waals surface area contributed by atoms with Gasteiger partial charge in [-0.2, -0.15) is 0 Å². The van der Waals surface area contributed by atoms with E-state index in [1.54, 1.807) is 55.8 Å². The Morgan fingerprint density at radius 3 is 1.60 bits per heavy atom. The van der Waals surface area contributed by atoms with Crippen molar-refractivity contribution in [2.75, 3.05) is 68.3 Å². The topological polar surface area (TPSA) is 124 Å². The van der Waals surface area contributed by atoms with Gasteiger partial charge in [0.2, 0.25) is 11.5 Å². The number of benzene rings is 4. The average molecular weight is 757 g/mol. The number of carbonyl (C=O) groups is 1. The number of hydrogen-bond donors (Lipinski definition) is 2. The van der Waals surface area contributed by atoms with Crippen LogP contribution in [0.5, 0.6) is 51.7 Å². The van der Waals surface area contributed by atoms with E-state index in [-0.39, 0.29) is 5.91 Å². The van der Waals surface area contributed by atoms with E-state index in [0.717, 1.165) is 60.9 Å². The molecule has 0 aliphatic carbocycles. The molecule has 1 amide bonds. The van der Waals surface area contributed by atoms with Crippen molar-refractivity contribution in [3.05, 3.63) is 82.9 Å². The Kier molecular flexibility index (Phi) is 14.6. The normalized spacial score (nSPS) is 13.3. The number of anilines is 1. The Morgan fingerprint density at radius 1 is 0.509 bits per heavy atom. The lowest BCUT2D eigenvalue weighted by Crippen LogP contribution is -2.38. The molecule has 1 heterocycles. The first-order valence-corrected chi connectivity index (χ1v) is 18.3. The molecule has 4 aromatic carbocycles. The van der Waals surface area contributed by atoms with Gasteiger partial charge in [-0.3, -0.25) is 4.79 Å². The predicted octanol–water partition coefficient (Wildman–Crippen LogP) is 8.57. The molecule has 0 radical (unpaired) electrons. The molecule has 4 aromatic rings. The summed E-state index contributed by atoms with van der Waals surface area (Å²) in [5.74, 6) is 5.22. The highest BCUT2D eigenvalue weighted by atomic mass is 16.5. The zero-order chi connectivity index (χ0) is 39.2. The Morgan fingerprint density at radius 2 is 1.05 bits per heavy atom. The molecule has 12 nitrogen and oxygen atoms in total. The van der Waals surface area contributed by atoms with E-state index in [1.807, 2.05) is 66.7 Å². The summed E-state index contributed by atoms with van der Waals surface area (Å²) in [4.78, 5) is 12.8. The Balaban J connectivity index is 1.03. The number of nitrogens with one attached hydrogen (secondary N) is 2. The van der Waals surface area contributed by atoms with Crippen LogP contribution in [0.25, 0.3) is 12.2 Å². The van der Waals surface area contributed by atoms with E-state index >= 15 is 0 Å². The first-order valence-electron chi connectivity index (χ1n) is 18.3. The predicted molar refractivity (Wildman–Crippen MR) is 213 cm³/mol. The summed E-state index contributed by atoms with van der Waals surface area (Å²) >= 11 is 0. The molecule has 1 aliphatic rings. The minimum atomic E-state index is -0.401. The Labute approximate surface area is 323 Å². The monoisotopic (exact) mass is 756 g/mol. The van der Waals surface area contributed by atoms with Crippen LogP contribution in [-0.2, 0) is 0 Å². The standard InChI is InChI=1S/C43H52N2O10/c1-47-31-17-18-33-32(27-31)43(46)45-42(44-33)30-16-19-34(35(26-30)48-2)54-20-12-10-8-9-11-13-21-55-41-38(51-5)24-29(25-39(41)52-6)15-14-28-22-36(49-3)40(53-7)37(23-28)50-4/h14-19,22-27,42,44H,8-13,20-21H2,1-7H3,(H,45,46). The Hall–Kier alpha value is -5.91. The quantitative estimate of drug-likeness (QED) is 0.0628. The van der Waals surface area contributed by atoms with Crippen LogP contribution in [0.2, 0.25) is 0 Å². The average Bonchev–Trinajstić information content (AvgIpc) is 3.22. The fourth-order valence-corrected chi connectivity index (χ4v) is 6.31. The molecule has 0 saturated heterocycles. The largest absolute Gasteiger partial charge is 0.497 e. The van der Waals surface area contributed by atoms with Gasteiger partial charge in [0.25, 0.3) is 5.91 Å². The molecule has 0 aromatic heterocycles. The second-order valence-electron chi connectivity index (χ2n) is 12.7. The second kappa shape index (κ2) is 20.0. The number of hydrogen-bond acceptors (Lipinski definition) is 11. The molecule has 5 rings (SSSR count). The maximum Gasteiger partial charge on any atom is 0.255 e. The summed E-state index contributed by atoms with van der Waals surface area (Å²) in [7, 11) is 11.2. The first-order chi connectivity index (χ1) is 26.8. The molecule has 55 heavy (non-hydrogen) atoms. The summed E-state index contributed by atoms with van der Waals surface area (Å²) in [6.07, 6.45) is 9.63. The smallest absolute Gasteiger partial charge is 0.255 e. The van der Waals surface area contributed by atoms with Crippen LogP contribution in [-0.4, -0.2) is 68.9 Å². The maximum absolute atomic E-state index is 12.8. The SMILES string of the molecule is COc1ccc2c(c1)C(=O)NC(c1ccc(OCCCCCCCCOc3c(OC)cc(C=Cc4cc(OC)c(OC)c(OC)c4)cc3OC)c(OC)c1)N2. The van der Waals surface area contributed by atoms with Crippen molar-refractivity contribution < 1.29 is 47.4 Å². The van der Waals surface area contributed by atoms with Gasteiger partial charge in [0.1, 0.15) is 11.9 Å². The summed E-state index contributed by atoms with van der Waals surface area (Å²) < 4.78 is 50.9. The highest BCUT2D eigenvalue weighted by Gasteiger charge is 2.26. The van der Waals surface area contributed by atoms with Gasteiger partial charge in [-0.25, -0.2) is 0 Å². The minimum Gasteiger partial charge on any atom is -0.497 e. The molecule has 12 heteroatoms. The van der Waals surface area contributed by atoms with E-state index < -0.39 is 6.17 Å². The van der Waals surface area contributed by atoms with Gasteiger partial charge in [0, 0.05) is 5.69 Å². The number of fused-ring (bicyclic) bond motifs is 1. The molecule has 1 atom stereocenters. The lowest BCUT2D eigenvalue weighted by molar-refractivity contribution is 0.0935. The molecular weight excluding hydrogens is 704 g/mol. The van der Waals surface area contributed by atoms with Gasteiger partial charge < -0.3 is 53.3 Å². The lowest BCUT2D eigenvalue weighted by atomic mass is 10.0. The molecule has 2 N–H and O–H groups in total. The first kappa shape index (κ1) is 40.3. The van der Waals surface area contributed by atoms with Gasteiger partial charge in [-0.15, -0.1) is 0 Å². The number of ether oxygens (including phenoxy) is 9. The summed E-state index contributed by atoms with van der Waals surface area (Å²) in [6.45, 7) is 1.13. The summed E-state index contributed by atoms with van der Waals surface area (Å²) in [5, 5.41) is 6.37. The highest BCUT2D eigenvalue weighted by molar-refractivity contribution is 6.02. The summed E-state index contributed by atoms with van der Waals surface area (Å²) in [6, 6.07) is 18.7. The maximum atomic E-state index is 12.8. The molecular formula is C43H52N2O10. The van der Waals surface area contributed by atoms with Gasteiger partial charge in [-0.05, 0) is 84.1 Å².